The lowest BCUT2D eigenvalue weighted by Crippen LogP contribution is -1.97. The third kappa shape index (κ3) is 2.51. The van der Waals surface area contributed by atoms with E-state index in [1.54, 1.807) is 10.9 Å². The van der Waals surface area contributed by atoms with Crippen LogP contribution in [0.25, 0.3) is 11.5 Å². The van der Waals surface area contributed by atoms with Crippen LogP contribution in [0.5, 0.6) is 0 Å². The molecule has 116 valence electrons. The van der Waals surface area contributed by atoms with Crippen LogP contribution in [0.2, 0.25) is 5.02 Å². The molecule has 0 atom stereocenters. The Hall–Kier alpha value is -2.25. The van der Waals surface area contributed by atoms with Crippen molar-refractivity contribution in [3.63, 3.8) is 0 Å². The van der Waals surface area contributed by atoms with Crippen molar-refractivity contribution in [1.29, 1.82) is 0 Å². The third-order valence-corrected chi connectivity index (χ3v) is 4.49. The maximum atomic E-state index is 6.15. The lowest BCUT2D eigenvalue weighted by atomic mass is 10.2. The fourth-order valence-corrected chi connectivity index (χ4v) is 3.12. The standard InChI is InChI=1S/C15H13ClN6S/c16-11-6-2-1-4-9(11)8-17-22-14(20-21-15(22)23)13-10-5-3-7-12(10)18-19-13/h1-2,4,6,8H,3,5,7H2,(H,18,19)(H,21,23)/b17-8+. The normalized spacial score (nSPS) is 13.8. The Balaban J connectivity index is 1.77. The summed E-state index contributed by atoms with van der Waals surface area (Å²) in [6.45, 7) is 0. The van der Waals surface area contributed by atoms with Crippen molar-refractivity contribution in [2.45, 2.75) is 19.3 Å². The van der Waals surface area contributed by atoms with Crippen LogP contribution in [0.15, 0.2) is 29.4 Å². The van der Waals surface area contributed by atoms with E-state index in [1.165, 1.54) is 11.3 Å². The predicted octanol–water partition coefficient (Wildman–Crippen LogP) is 3.36. The van der Waals surface area contributed by atoms with Crippen molar-refractivity contribution < 1.29 is 0 Å². The number of aromatic nitrogens is 5. The summed E-state index contributed by atoms with van der Waals surface area (Å²) in [6.07, 6.45) is 4.82. The van der Waals surface area contributed by atoms with Crippen LogP contribution in [0.1, 0.15) is 23.2 Å². The molecule has 2 N–H and O–H groups in total. The Morgan fingerprint density at radius 3 is 2.96 bits per heavy atom. The van der Waals surface area contributed by atoms with Crippen molar-refractivity contribution in [1.82, 2.24) is 25.1 Å². The van der Waals surface area contributed by atoms with E-state index in [0.29, 0.717) is 15.6 Å². The monoisotopic (exact) mass is 344 g/mol. The van der Waals surface area contributed by atoms with Gasteiger partial charge in [-0.25, -0.2) is 5.10 Å². The van der Waals surface area contributed by atoms with Gasteiger partial charge in [-0.1, -0.05) is 29.8 Å². The molecule has 2 heterocycles. The molecule has 3 aromatic rings. The number of aryl methyl sites for hydroxylation is 1. The molecule has 2 aromatic heterocycles. The van der Waals surface area contributed by atoms with Crippen molar-refractivity contribution >= 4 is 30.0 Å². The van der Waals surface area contributed by atoms with Gasteiger partial charge in [0.2, 0.25) is 10.6 Å². The number of hydrogen-bond donors (Lipinski definition) is 2. The zero-order chi connectivity index (χ0) is 15.8. The van der Waals surface area contributed by atoms with E-state index in [2.05, 4.69) is 25.5 Å². The second kappa shape index (κ2) is 5.75. The quantitative estimate of drug-likeness (QED) is 0.565. The molecule has 23 heavy (non-hydrogen) atoms. The summed E-state index contributed by atoms with van der Waals surface area (Å²) in [5.74, 6) is 0.609. The Morgan fingerprint density at radius 1 is 1.22 bits per heavy atom. The van der Waals surface area contributed by atoms with E-state index < -0.39 is 0 Å². The highest BCUT2D eigenvalue weighted by Crippen LogP contribution is 2.29. The number of halogens is 1. The van der Waals surface area contributed by atoms with Crippen LogP contribution in [-0.2, 0) is 12.8 Å². The number of nitrogens with one attached hydrogen (secondary N) is 2. The zero-order valence-corrected chi connectivity index (χ0v) is 13.7. The summed E-state index contributed by atoms with van der Waals surface area (Å²) in [5.41, 5.74) is 4.00. The predicted molar refractivity (Wildman–Crippen MR) is 91.5 cm³/mol. The molecule has 0 saturated heterocycles. The Labute approximate surface area is 142 Å². The first-order valence-electron chi connectivity index (χ1n) is 7.27. The first-order valence-corrected chi connectivity index (χ1v) is 8.05. The van der Waals surface area contributed by atoms with Gasteiger partial charge in [0.05, 0.1) is 6.21 Å². The van der Waals surface area contributed by atoms with Crippen molar-refractivity contribution in [2.75, 3.05) is 0 Å². The number of aromatic amines is 2. The van der Waals surface area contributed by atoms with Crippen molar-refractivity contribution in [3.05, 3.63) is 50.9 Å². The van der Waals surface area contributed by atoms with Crippen LogP contribution >= 0.6 is 23.8 Å². The Kier molecular flexibility index (Phi) is 3.59. The van der Waals surface area contributed by atoms with Gasteiger partial charge in [0.25, 0.3) is 0 Å². The van der Waals surface area contributed by atoms with Crippen LogP contribution in [0.3, 0.4) is 0 Å². The molecule has 6 nitrogen and oxygen atoms in total. The Morgan fingerprint density at radius 2 is 2.09 bits per heavy atom. The maximum absolute atomic E-state index is 6.15. The average molecular weight is 345 g/mol. The summed E-state index contributed by atoms with van der Waals surface area (Å²) in [6, 6.07) is 7.49. The summed E-state index contributed by atoms with van der Waals surface area (Å²) in [4.78, 5) is 0. The molecule has 0 spiro atoms. The minimum Gasteiger partial charge on any atom is -0.282 e. The molecule has 0 fully saturated rings. The molecule has 0 aliphatic heterocycles. The first kappa shape index (κ1) is 14.3. The molecule has 4 rings (SSSR count). The lowest BCUT2D eigenvalue weighted by Gasteiger charge is -2.00. The Bertz CT molecular complexity index is 951. The molecule has 0 unspecified atom stereocenters. The van der Waals surface area contributed by atoms with E-state index in [1.807, 2.05) is 24.3 Å². The van der Waals surface area contributed by atoms with E-state index in [9.17, 15) is 0 Å². The van der Waals surface area contributed by atoms with Crippen molar-refractivity contribution in [3.8, 4) is 11.5 Å². The molecule has 0 bridgehead atoms. The molecule has 0 saturated carbocycles. The van der Waals surface area contributed by atoms with Crippen LogP contribution < -0.4 is 0 Å². The van der Waals surface area contributed by atoms with Gasteiger partial charge in [0.1, 0.15) is 5.69 Å². The number of hydrogen-bond acceptors (Lipinski definition) is 4. The molecular formula is C15H13ClN6S. The number of H-pyrrole nitrogens is 2. The van der Waals surface area contributed by atoms with Crippen molar-refractivity contribution in [2.24, 2.45) is 5.10 Å². The van der Waals surface area contributed by atoms with E-state index in [-0.39, 0.29) is 0 Å². The van der Waals surface area contributed by atoms with Crippen LogP contribution in [0, 0.1) is 4.77 Å². The van der Waals surface area contributed by atoms with Gasteiger partial charge >= 0.3 is 0 Å². The van der Waals surface area contributed by atoms with E-state index in [4.69, 9.17) is 23.8 Å². The van der Waals surface area contributed by atoms with Crippen LogP contribution in [-0.4, -0.2) is 31.3 Å². The molecule has 0 radical (unpaired) electrons. The number of benzene rings is 1. The van der Waals surface area contributed by atoms with Gasteiger partial charge in [-0.2, -0.15) is 20.0 Å². The second-order valence-electron chi connectivity index (χ2n) is 5.31. The van der Waals surface area contributed by atoms with E-state index in [0.717, 1.165) is 30.5 Å². The third-order valence-electron chi connectivity index (χ3n) is 3.89. The summed E-state index contributed by atoms with van der Waals surface area (Å²) in [5, 5.41) is 19.6. The largest absolute Gasteiger partial charge is 0.282 e. The number of nitrogens with zero attached hydrogens (tertiary/aromatic N) is 4. The zero-order valence-electron chi connectivity index (χ0n) is 12.1. The second-order valence-corrected chi connectivity index (χ2v) is 6.11. The topological polar surface area (TPSA) is 74.7 Å². The van der Waals surface area contributed by atoms with Gasteiger partial charge in [0.15, 0.2) is 0 Å². The van der Waals surface area contributed by atoms with Gasteiger partial charge in [0, 0.05) is 21.8 Å². The van der Waals surface area contributed by atoms with Gasteiger partial charge < -0.3 is 0 Å². The molecule has 1 aliphatic rings. The summed E-state index contributed by atoms with van der Waals surface area (Å²) >= 11 is 11.4. The lowest BCUT2D eigenvalue weighted by molar-refractivity contribution is 0.844. The molecular weight excluding hydrogens is 332 g/mol. The minimum absolute atomic E-state index is 0.415. The van der Waals surface area contributed by atoms with Crippen LogP contribution in [0.4, 0.5) is 0 Å². The average Bonchev–Trinajstić information content (AvgIpc) is 3.23. The highest BCUT2D eigenvalue weighted by Gasteiger charge is 2.23. The summed E-state index contributed by atoms with van der Waals surface area (Å²) in [7, 11) is 0. The number of fused-ring (bicyclic) bond motifs is 1. The van der Waals surface area contributed by atoms with Gasteiger partial charge in [-0.3, -0.25) is 5.10 Å². The maximum Gasteiger partial charge on any atom is 0.216 e. The minimum atomic E-state index is 0.415. The molecule has 8 heteroatoms. The summed E-state index contributed by atoms with van der Waals surface area (Å²) < 4.78 is 1.99. The van der Waals surface area contributed by atoms with Gasteiger partial charge in [-0.05, 0) is 37.5 Å². The molecule has 0 amide bonds. The fraction of sp³-hybridized carbons (Fsp3) is 0.200. The highest BCUT2D eigenvalue weighted by molar-refractivity contribution is 7.71. The fourth-order valence-electron chi connectivity index (χ4n) is 2.76. The van der Waals surface area contributed by atoms with Gasteiger partial charge in [-0.15, -0.1) is 0 Å². The molecule has 1 aromatic carbocycles. The highest BCUT2D eigenvalue weighted by atomic mass is 35.5. The van der Waals surface area contributed by atoms with E-state index >= 15 is 0 Å². The SMILES string of the molecule is S=c1[nH]nc(-c2n[nH]c3c2CCC3)n1/N=C/c1ccccc1Cl. The first-order chi connectivity index (χ1) is 11.2. The number of rotatable bonds is 3. The molecule has 1 aliphatic carbocycles. The smallest absolute Gasteiger partial charge is 0.216 e.